The lowest BCUT2D eigenvalue weighted by Gasteiger charge is -2.24. The van der Waals surface area contributed by atoms with E-state index in [1.54, 1.807) is 0 Å². The highest BCUT2D eigenvalue weighted by Crippen LogP contribution is 2.38. The maximum absolute atomic E-state index is 12.7. The number of carbonyl (C=O) groups excluding carboxylic acids is 1. The van der Waals surface area contributed by atoms with Crippen molar-refractivity contribution in [2.24, 2.45) is 7.05 Å². The Morgan fingerprint density at radius 1 is 1.30 bits per heavy atom. The zero-order valence-corrected chi connectivity index (χ0v) is 9.52. The van der Waals surface area contributed by atoms with Crippen LogP contribution in [0.25, 0.3) is 0 Å². The Balaban J connectivity index is 3.17. The van der Waals surface area contributed by atoms with Crippen molar-refractivity contribution in [3.8, 4) is 0 Å². The second kappa shape index (κ2) is 4.70. The number of rotatable bonds is 3. The van der Waals surface area contributed by atoms with E-state index in [1.807, 2.05) is 0 Å². The van der Waals surface area contributed by atoms with Crippen LogP contribution in [0, 0.1) is 10.1 Å². The van der Waals surface area contributed by atoms with Crippen LogP contribution in [0.2, 0.25) is 0 Å². The molecule has 0 spiro atoms. The molecule has 0 unspecified atom stereocenters. The predicted octanol–water partition coefficient (Wildman–Crippen LogP) is 1.88. The van der Waals surface area contributed by atoms with Gasteiger partial charge < -0.3 is 10.1 Å². The van der Waals surface area contributed by atoms with E-state index in [9.17, 15) is 42.1 Å². The number of carbonyl (C=O) groups is 1. The average Bonchev–Trinajstić information content (AvgIpc) is 2.67. The molecule has 1 heterocycles. The second-order valence-corrected chi connectivity index (χ2v) is 3.53. The topological polar surface area (TPSA) is 88.3 Å². The van der Waals surface area contributed by atoms with Crippen LogP contribution in [0.3, 0.4) is 0 Å². The van der Waals surface area contributed by atoms with Crippen molar-refractivity contribution in [1.82, 2.24) is 9.63 Å². The first-order valence-corrected chi connectivity index (χ1v) is 4.67. The summed E-state index contributed by atoms with van der Waals surface area (Å²) >= 11 is 0. The molecule has 0 N–H and O–H groups in total. The van der Waals surface area contributed by atoms with E-state index in [0.717, 1.165) is 7.05 Å². The van der Waals surface area contributed by atoms with Crippen LogP contribution in [0.4, 0.5) is 27.8 Å². The van der Waals surface area contributed by atoms with Gasteiger partial charge in [-0.05, 0) is 11.0 Å². The monoisotopic (exact) mass is 302 g/mol. The third-order valence-electron chi connectivity index (χ3n) is 2.28. The van der Waals surface area contributed by atoms with Crippen LogP contribution < -0.4 is 0 Å². The van der Waals surface area contributed by atoms with Crippen LogP contribution in [0.15, 0.2) is 12.1 Å². The third kappa shape index (κ3) is 2.41. The number of alkyl halides is 5. The van der Waals surface area contributed by atoms with Crippen molar-refractivity contribution in [1.29, 1.82) is 0 Å². The standard InChI is InChI=1S/C8H5F5N3O4/c1-14-4(2-3-5(14)16(19)20)6(17)15(18)8(12,13)7(9,10)11/h2-3H,1H3. The van der Waals surface area contributed by atoms with Crippen LogP contribution in [-0.4, -0.2) is 32.7 Å². The SMILES string of the molecule is Cn1c(C(=O)N([O])C(F)(F)C(F)(F)F)ccc1[N+](=O)[O-]. The number of nitro groups is 1. The number of halogens is 5. The molecule has 7 nitrogen and oxygen atoms in total. The van der Waals surface area contributed by atoms with Crippen molar-refractivity contribution in [2.75, 3.05) is 0 Å². The van der Waals surface area contributed by atoms with Gasteiger partial charge in [-0.1, -0.05) is 5.21 Å². The molecule has 0 saturated heterocycles. The fourth-order valence-electron chi connectivity index (χ4n) is 1.25. The number of nitrogens with zero attached hydrogens (tertiary/aromatic N) is 3. The summed E-state index contributed by atoms with van der Waals surface area (Å²) in [5, 5.41) is 19.2. The van der Waals surface area contributed by atoms with Gasteiger partial charge in [0.1, 0.15) is 0 Å². The van der Waals surface area contributed by atoms with E-state index >= 15 is 0 Å². The lowest BCUT2D eigenvalue weighted by molar-refractivity contribution is -0.398. The summed E-state index contributed by atoms with van der Waals surface area (Å²) in [4.78, 5) is 20.7. The molecule has 20 heavy (non-hydrogen) atoms. The Kier molecular flexibility index (Phi) is 3.72. The molecule has 0 atom stereocenters. The molecule has 1 amide bonds. The van der Waals surface area contributed by atoms with Crippen molar-refractivity contribution < 1.29 is 36.9 Å². The van der Waals surface area contributed by atoms with Gasteiger partial charge in [-0.25, -0.2) is 4.57 Å². The maximum Gasteiger partial charge on any atom is 0.478 e. The maximum atomic E-state index is 12.7. The van der Waals surface area contributed by atoms with Gasteiger partial charge in [0.25, 0.3) is 0 Å². The van der Waals surface area contributed by atoms with E-state index < -0.39 is 39.6 Å². The van der Waals surface area contributed by atoms with E-state index in [-0.39, 0.29) is 0 Å². The van der Waals surface area contributed by atoms with E-state index in [2.05, 4.69) is 0 Å². The predicted molar refractivity (Wildman–Crippen MR) is 49.9 cm³/mol. The summed E-state index contributed by atoms with van der Waals surface area (Å²) in [5.41, 5.74) is -0.976. The minimum absolute atomic E-state index is 0.416. The van der Waals surface area contributed by atoms with Gasteiger partial charge in [0.2, 0.25) is 0 Å². The van der Waals surface area contributed by atoms with Gasteiger partial charge in [-0.2, -0.15) is 22.0 Å². The van der Waals surface area contributed by atoms with E-state index in [1.165, 1.54) is 0 Å². The van der Waals surface area contributed by atoms with Gasteiger partial charge in [-0.3, -0.25) is 4.79 Å². The molecule has 111 valence electrons. The largest absolute Gasteiger partial charge is 0.478 e. The van der Waals surface area contributed by atoms with Gasteiger partial charge in [0.05, 0.1) is 7.05 Å². The summed E-state index contributed by atoms with van der Waals surface area (Å²) in [7, 11) is 0.866. The first kappa shape index (κ1) is 15.8. The molecule has 1 rings (SSSR count). The minimum Gasteiger partial charge on any atom is -0.358 e. The summed E-state index contributed by atoms with van der Waals surface area (Å²) in [6, 6.07) is -4.66. The molecule has 1 aromatic rings. The molecule has 0 fully saturated rings. The molecule has 12 heteroatoms. The third-order valence-corrected chi connectivity index (χ3v) is 2.28. The normalized spacial score (nSPS) is 12.3. The first-order valence-electron chi connectivity index (χ1n) is 4.67. The van der Waals surface area contributed by atoms with Gasteiger partial charge in [0.15, 0.2) is 5.69 Å². The summed E-state index contributed by atoms with van der Waals surface area (Å²) in [6.45, 7) is 0. The number of aromatic nitrogens is 1. The summed E-state index contributed by atoms with van der Waals surface area (Å²) in [6.07, 6.45) is -6.26. The van der Waals surface area contributed by atoms with Gasteiger partial charge in [-0.15, -0.1) is 5.06 Å². The van der Waals surface area contributed by atoms with Crippen molar-refractivity contribution in [2.45, 2.75) is 12.2 Å². The van der Waals surface area contributed by atoms with Crippen molar-refractivity contribution in [3.05, 3.63) is 27.9 Å². The zero-order valence-electron chi connectivity index (χ0n) is 9.52. The van der Waals surface area contributed by atoms with Gasteiger partial charge >= 0.3 is 23.9 Å². The second-order valence-electron chi connectivity index (χ2n) is 3.53. The van der Waals surface area contributed by atoms with Crippen molar-refractivity contribution in [3.63, 3.8) is 0 Å². The Hall–Kier alpha value is -2.24. The smallest absolute Gasteiger partial charge is 0.358 e. The van der Waals surface area contributed by atoms with Crippen LogP contribution in [0.5, 0.6) is 0 Å². The van der Waals surface area contributed by atoms with Crippen LogP contribution in [-0.2, 0) is 12.3 Å². The molecule has 0 saturated carbocycles. The van der Waals surface area contributed by atoms with E-state index in [4.69, 9.17) is 0 Å². The lowest BCUT2D eigenvalue weighted by atomic mass is 10.3. The number of amides is 1. The first-order chi connectivity index (χ1) is 8.91. The Bertz CT molecular complexity index is 553. The highest BCUT2D eigenvalue weighted by Gasteiger charge is 2.65. The zero-order chi connectivity index (χ0) is 15.9. The highest BCUT2D eigenvalue weighted by molar-refractivity contribution is 5.92. The number of hydrogen-bond donors (Lipinski definition) is 0. The average molecular weight is 302 g/mol. The Morgan fingerprint density at radius 3 is 2.15 bits per heavy atom. The Morgan fingerprint density at radius 2 is 1.80 bits per heavy atom. The molecule has 0 aliphatic rings. The lowest BCUT2D eigenvalue weighted by Crippen LogP contribution is -2.52. The molecule has 1 aromatic heterocycles. The fourth-order valence-corrected chi connectivity index (χ4v) is 1.25. The fraction of sp³-hybridized carbons (Fsp3) is 0.375. The van der Waals surface area contributed by atoms with Gasteiger partial charge in [0, 0.05) is 6.07 Å². The van der Waals surface area contributed by atoms with E-state index in [0.29, 0.717) is 16.7 Å². The van der Waals surface area contributed by atoms with Crippen LogP contribution in [0.1, 0.15) is 10.5 Å². The van der Waals surface area contributed by atoms with Crippen LogP contribution >= 0.6 is 0 Å². The number of hydroxylamine groups is 2. The molecule has 0 aromatic carbocycles. The molecule has 0 aliphatic heterocycles. The quantitative estimate of drug-likeness (QED) is 0.369. The molecular formula is C8H5F5N3O4. The minimum atomic E-state index is -6.26. The summed E-state index contributed by atoms with van der Waals surface area (Å²) < 4.78 is 61.6. The molecule has 1 radical (unpaired) electrons. The molecular weight excluding hydrogens is 297 g/mol. The molecule has 0 bridgehead atoms. The summed E-state index contributed by atoms with van der Waals surface area (Å²) in [5.74, 6) is -3.00. The highest BCUT2D eigenvalue weighted by atomic mass is 19.4. The van der Waals surface area contributed by atoms with Crippen molar-refractivity contribution >= 4 is 11.7 Å². The Labute approximate surface area is 106 Å². The molecule has 0 aliphatic carbocycles. The number of hydrogen-bond acceptors (Lipinski definition) is 3.